The van der Waals surface area contributed by atoms with E-state index in [1.807, 2.05) is 30.3 Å². The molecule has 1 aliphatic heterocycles. The summed E-state index contributed by atoms with van der Waals surface area (Å²) >= 11 is 0. The highest BCUT2D eigenvalue weighted by Gasteiger charge is 2.14. The largest absolute Gasteiger partial charge is 0.376 e. The van der Waals surface area contributed by atoms with Crippen molar-refractivity contribution in [2.45, 2.75) is 31.8 Å². The van der Waals surface area contributed by atoms with Gasteiger partial charge >= 0.3 is 0 Å². The van der Waals surface area contributed by atoms with Crippen LogP contribution in [0.5, 0.6) is 0 Å². The number of amides is 2. The van der Waals surface area contributed by atoms with E-state index in [0.29, 0.717) is 13.2 Å². The van der Waals surface area contributed by atoms with Crippen LogP contribution in [0.3, 0.4) is 0 Å². The van der Waals surface area contributed by atoms with E-state index >= 15 is 0 Å². The van der Waals surface area contributed by atoms with Gasteiger partial charge in [-0.05, 0) is 31.4 Å². The molecule has 1 aromatic carbocycles. The summed E-state index contributed by atoms with van der Waals surface area (Å²) in [5.74, 6) is -0.346. The van der Waals surface area contributed by atoms with Crippen molar-refractivity contribution >= 4 is 17.5 Å². The molecular weight excluding hydrogens is 296 g/mol. The predicted molar refractivity (Wildman–Crippen MR) is 87.1 cm³/mol. The van der Waals surface area contributed by atoms with E-state index in [4.69, 9.17) is 9.47 Å². The molecule has 23 heavy (non-hydrogen) atoms. The lowest BCUT2D eigenvalue weighted by Gasteiger charge is -2.22. The molecule has 2 rings (SSSR count). The molecule has 0 aromatic heterocycles. The Morgan fingerprint density at radius 3 is 2.74 bits per heavy atom. The zero-order chi connectivity index (χ0) is 16.3. The second-order valence-corrected chi connectivity index (χ2v) is 5.52. The SMILES string of the molecule is O=C(COCC1CCCCO1)NCCC(=O)Nc1ccccc1. The highest BCUT2D eigenvalue weighted by atomic mass is 16.5. The predicted octanol–water partition coefficient (Wildman–Crippen LogP) is 1.72. The van der Waals surface area contributed by atoms with Crippen molar-refractivity contribution < 1.29 is 19.1 Å². The first-order valence-electron chi connectivity index (χ1n) is 8.05. The molecule has 0 saturated carbocycles. The van der Waals surface area contributed by atoms with Gasteiger partial charge in [0.25, 0.3) is 0 Å². The van der Waals surface area contributed by atoms with E-state index in [-0.39, 0.29) is 30.9 Å². The summed E-state index contributed by atoms with van der Waals surface area (Å²) in [6.45, 7) is 1.51. The molecule has 0 spiro atoms. The second kappa shape index (κ2) is 9.97. The van der Waals surface area contributed by atoms with Crippen LogP contribution in [-0.4, -0.2) is 44.3 Å². The zero-order valence-corrected chi connectivity index (χ0v) is 13.3. The summed E-state index contributed by atoms with van der Waals surface area (Å²) in [4.78, 5) is 23.3. The Morgan fingerprint density at radius 1 is 1.17 bits per heavy atom. The van der Waals surface area contributed by atoms with Gasteiger partial charge in [0.15, 0.2) is 0 Å². The molecular formula is C17H24N2O4. The van der Waals surface area contributed by atoms with Crippen LogP contribution in [0.2, 0.25) is 0 Å². The first-order valence-corrected chi connectivity index (χ1v) is 8.05. The molecule has 1 aromatic rings. The van der Waals surface area contributed by atoms with Crippen molar-refractivity contribution in [1.29, 1.82) is 0 Å². The minimum Gasteiger partial charge on any atom is -0.376 e. The van der Waals surface area contributed by atoms with E-state index in [2.05, 4.69) is 10.6 Å². The molecule has 0 aliphatic carbocycles. The Bertz CT molecular complexity index is 487. The number of rotatable bonds is 8. The van der Waals surface area contributed by atoms with Gasteiger partial charge in [0, 0.05) is 25.3 Å². The lowest BCUT2D eigenvalue weighted by Crippen LogP contribution is -2.32. The Labute approximate surface area is 136 Å². The molecule has 1 heterocycles. The van der Waals surface area contributed by atoms with Gasteiger partial charge in [-0.3, -0.25) is 9.59 Å². The average Bonchev–Trinajstić information content (AvgIpc) is 2.57. The van der Waals surface area contributed by atoms with Crippen molar-refractivity contribution in [2.75, 3.05) is 31.7 Å². The molecule has 0 bridgehead atoms. The maximum atomic E-state index is 11.7. The summed E-state index contributed by atoms with van der Waals surface area (Å²) in [5.41, 5.74) is 0.750. The Balaban J connectivity index is 1.51. The first-order chi connectivity index (χ1) is 11.2. The Morgan fingerprint density at radius 2 is 2.00 bits per heavy atom. The third kappa shape index (κ3) is 7.25. The number of para-hydroxylation sites is 1. The Kier molecular flexibility index (Phi) is 7.56. The molecule has 6 nitrogen and oxygen atoms in total. The maximum absolute atomic E-state index is 11.7. The van der Waals surface area contributed by atoms with E-state index < -0.39 is 0 Å². The molecule has 0 radical (unpaired) electrons. The summed E-state index contributed by atoms with van der Waals surface area (Å²) < 4.78 is 10.9. The second-order valence-electron chi connectivity index (χ2n) is 5.52. The number of hydrogen-bond donors (Lipinski definition) is 2. The number of ether oxygens (including phenoxy) is 2. The number of carbonyl (C=O) groups is 2. The first kappa shape index (κ1) is 17.4. The number of anilines is 1. The molecule has 126 valence electrons. The highest BCUT2D eigenvalue weighted by molar-refractivity contribution is 5.91. The van der Waals surface area contributed by atoms with Gasteiger partial charge in [-0.15, -0.1) is 0 Å². The summed E-state index contributed by atoms with van der Waals surface area (Å²) in [7, 11) is 0. The summed E-state index contributed by atoms with van der Waals surface area (Å²) in [6.07, 6.45) is 3.57. The third-order valence-corrected chi connectivity index (χ3v) is 3.54. The minimum absolute atomic E-state index is 0.000163. The van der Waals surface area contributed by atoms with Gasteiger partial charge in [-0.2, -0.15) is 0 Å². The third-order valence-electron chi connectivity index (χ3n) is 3.54. The maximum Gasteiger partial charge on any atom is 0.246 e. The molecule has 1 fully saturated rings. The lowest BCUT2D eigenvalue weighted by molar-refractivity contribution is -0.127. The number of hydrogen-bond acceptors (Lipinski definition) is 4. The van der Waals surface area contributed by atoms with Crippen LogP contribution in [0.1, 0.15) is 25.7 Å². The summed E-state index contributed by atoms with van der Waals surface area (Å²) in [6, 6.07) is 9.22. The van der Waals surface area contributed by atoms with Gasteiger partial charge in [0.2, 0.25) is 11.8 Å². The Hall–Kier alpha value is -1.92. The number of nitrogens with one attached hydrogen (secondary N) is 2. The smallest absolute Gasteiger partial charge is 0.246 e. The van der Waals surface area contributed by atoms with Gasteiger partial charge in [-0.1, -0.05) is 18.2 Å². The topological polar surface area (TPSA) is 76.7 Å². The fraction of sp³-hybridized carbons (Fsp3) is 0.529. The zero-order valence-electron chi connectivity index (χ0n) is 13.3. The monoisotopic (exact) mass is 320 g/mol. The molecule has 1 aliphatic rings. The van der Waals surface area contributed by atoms with Crippen molar-refractivity contribution in [3.05, 3.63) is 30.3 Å². The molecule has 1 atom stereocenters. The van der Waals surface area contributed by atoms with Gasteiger partial charge in [0.05, 0.1) is 12.7 Å². The van der Waals surface area contributed by atoms with Crippen LogP contribution >= 0.6 is 0 Å². The van der Waals surface area contributed by atoms with Crippen molar-refractivity contribution in [1.82, 2.24) is 5.32 Å². The van der Waals surface area contributed by atoms with Crippen molar-refractivity contribution in [3.8, 4) is 0 Å². The van der Waals surface area contributed by atoms with Crippen LogP contribution in [0, 0.1) is 0 Å². The van der Waals surface area contributed by atoms with Crippen molar-refractivity contribution in [3.63, 3.8) is 0 Å². The van der Waals surface area contributed by atoms with Crippen LogP contribution < -0.4 is 10.6 Å². The van der Waals surface area contributed by atoms with E-state index in [1.165, 1.54) is 0 Å². The average molecular weight is 320 g/mol. The standard InChI is InChI=1S/C17H24N2O4/c20-16(19-14-6-2-1-3-7-14)9-10-18-17(21)13-22-12-15-8-4-5-11-23-15/h1-3,6-7,15H,4-5,8-13H2,(H,18,21)(H,19,20). The van der Waals surface area contributed by atoms with E-state index in [1.54, 1.807) is 0 Å². The minimum atomic E-state index is -0.215. The number of benzene rings is 1. The van der Waals surface area contributed by atoms with E-state index in [0.717, 1.165) is 31.6 Å². The normalized spacial score (nSPS) is 17.5. The number of carbonyl (C=O) groups excluding carboxylic acids is 2. The molecule has 2 N–H and O–H groups in total. The van der Waals surface area contributed by atoms with Crippen LogP contribution in [0.25, 0.3) is 0 Å². The van der Waals surface area contributed by atoms with Crippen molar-refractivity contribution in [2.24, 2.45) is 0 Å². The molecule has 1 unspecified atom stereocenters. The molecule has 6 heteroatoms. The molecule has 2 amide bonds. The highest BCUT2D eigenvalue weighted by Crippen LogP contribution is 2.12. The fourth-order valence-electron chi connectivity index (χ4n) is 2.33. The summed E-state index contributed by atoms with van der Waals surface area (Å²) in [5, 5.41) is 5.44. The van der Waals surface area contributed by atoms with E-state index in [9.17, 15) is 9.59 Å². The van der Waals surface area contributed by atoms with Crippen LogP contribution in [0.15, 0.2) is 30.3 Å². The van der Waals surface area contributed by atoms with Gasteiger partial charge in [-0.25, -0.2) is 0 Å². The fourth-order valence-corrected chi connectivity index (χ4v) is 2.33. The van der Waals surface area contributed by atoms with Crippen LogP contribution in [-0.2, 0) is 19.1 Å². The molecule has 1 saturated heterocycles. The van der Waals surface area contributed by atoms with Crippen LogP contribution in [0.4, 0.5) is 5.69 Å². The van der Waals surface area contributed by atoms with Gasteiger partial charge < -0.3 is 20.1 Å². The van der Waals surface area contributed by atoms with Gasteiger partial charge in [0.1, 0.15) is 6.61 Å². The lowest BCUT2D eigenvalue weighted by atomic mass is 10.1. The quantitative estimate of drug-likeness (QED) is 0.764.